The van der Waals surface area contributed by atoms with Crippen LogP contribution in [0.4, 0.5) is 0 Å². The van der Waals surface area contributed by atoms with Gasteiger partial charge in [0.2, 0.25) is 0 Å². The van der Waals surface area contributed by atoms with E-state index < -0.39 is 0 Å². The van der Waals surface area contributed by atoms with Crippen LogP contribution < -0.4 is 10.1 Å². The monoisotopic (exact) mass is 267 g/mol. The normalized spacial score (nSPS) is 12.9. The van der Waals surface area contributed by atoms with Gasteiger partial charge in [-0.05, 0) is 31.7 Å². The summed E-state index contributed by atoms with van der Waals surface area (Å²) in [6, 6.07) is 0.555. The third-order valence-corrected chi connectivity index (χ3v) is 3.53. The largest absolute Gasteiger partial charge is 0.493 e. The molecule has 1 unspecified atom stereocenters. The summed E-state index contributed by atoms with van der Waals surface area (Å²) in [4.78, 5) is 0. The van der Waals surface area contributed by atoms with Crippen molar-refractivity contribution in [1.29, 1.82) is 0 Å². The maximum absolute atomic E-state index is 5.42. The molecule has 1 aromatic rings. The molecule has 0 aliphatic rings. The summed E-state index contributed by atoms with van der Waals surface area (Å²) in [5.74, 6) is 1.57. The minimum Gasteiger partial charge on any atom is -0.493 e. The zero-order valence-electron chi connectivity index (χ0n) is 13.1. The van der Waals surface area contributed by atoms with Gasteiger partial charge in [-0.1, -0.05) is 27.7 Å². The molecule has 4 heteroatoms. The van der Waals surface area contributed by atoms with E-state index in [1.807, 2.05) is 6.20 Å². The van der Waals surface area contributed by atoms with Crippen LogP contribution in [0.3, 0.4) is 0 Å². The van der Waals surface area contributed by atoms with Crippen molar-refractivity contribution in [2.24, 2.45) is 5.92 Å². The van der Waals surface area contributed by atoms with Crippen molar-refractivity contribution >= 4 is 0 Å². The molecule has 0 radical (unpaired) electrons. The van der Waals surface area contributed by atoms with Crippen molar-refractivity contribution in [1.82, 2.24) is 15.1 Å². The second-order valence-electron chi connectivity index (χ2n) is 5.33. The van der Waals surface area contributed by atoms with E-state index in [1.54, 1.807) is 7.11 Å². The van der Waals surface area contributed by atoms with Crippen LogP contribution in [0.15, 0.2) is 6.20 Å². The number of rotatable bonds is 9. The fraction of sp³-hybridized carbons (Fsp3) is 0.800. The predicted octanol–water partition coefficient (Wildman–Crippen LogP) is 2.87. The number of aromatic nitrogens is 2. The summed E-state index contributed by atoms with van der Waals surface area (Å²) in [5, 5.41) is 7.98. The topological polar surface area (TPSA) is 39.1 Å². The first-order valence-corrected chi connectivity index (χ1v) is 7.46. The van der Waals surface area contributed by atoms with Crippen molar-refractivity contribution in [3.05, 3.63) is 11.9 Å². The zero-order chi connectivity index (χ0) is 14.3. The molecule has 0 aliphatic carbocycles. The highest BCUT2D eigenvalue weighted by molar-refractivity contribution is 5.25. The van der Waals surface area contributed by atoms with Crippen molar-refractivity contribution in [3.63, 3.8) is 0 Å². The van der Waals surface area contributed by atoms with Crippen LogP contribution >= 0.6 is 0 Å². The minimum atomic E-state index is 0.555. The lowest BCUT2D eigenvalue weighted by atomic mass is 9.98. The minimum absolute atomic E-state index is 0.555. The summed E-state index contributed by atoms with van der Waals surface area (Å²) in [5.41, 5.74) is 1.23. The average molecular weight is 267 g/mol. The lowest BCUT2D eigenvalue weighted by molar-refractivity contribution is 0.371. The predicted molar refractivity (Wildman–Crippen MR) is 79.7 cm³/mol. The van der Waals surface area contributed by atoms with Gasteiger partial charge in [-0.2, -0.15) is 5.10 Å². The summed E-state index contributed by atoms with van der Waals surface area (Å²) < 4.78 is 7.51. The van der Waals surface area contributed by atoms with Crippen molar-refractivity contribution < 1.29 is 4.74 Å². The van der Waals surface area contributed by atoms with Gasteiger partial charge < -0.3 is 10.1 Å². The number of aryl methyl sites for hydroxylation is 1. The summed E-state index contributed by atoms with van der Waals surface area (Å²) in [6.45, 7) is 10.9. The first-order chi connectivity index (χ1) is 9.13. The van der Waals surface area contributed by atoms with Crippen LogP contribution in [0.5, 0.6) is 5.75 Å². The third kappa shape index (κ3) is 4.53. The van der Waals surface area contributed by atoms with Crippen molar-refractivity contribution in [3.8, 4) is 5.75 Å². The first-order valence-electron chi connectivity index (χ1n) is 7.46. The summed E-state index contributed by atoms with van der Waals surface area (Å²) in [6.07, 6.45) is 5.07. The van der Waals surface area contributed by atoms with Gasteiger partial charge in [0.1, 0.15) is 0 Å². The molecule has 1 atom stereocenters. The SMILES string of the molecule is CCCn1ncc(OC)c1CCC(NCC)C(C)C. The fourth-order valence-electron chi connectivity index (χ4n) is 2.45. The Morgan fingerprint density at radius 3 is 2.63 bits per heavy atom. The standard InChI is InChI=1S/C15H29N3O/c1-6-10-18-14(15(19-5)11-17-18)9-8-13(12(3)4)16-7-2/h11-13,16H,6-10H2,1-5H3. The fourth-order valence-corrected chi connectivity index (χ4v) is 2.45. The number of hydrogen-bond acceptors (Lipinski definition) is 3. The molecule has 0 amide bonds. The molecule has 0 saturated heterocycles. The van der Waals surface area contributed by atoms with Crippen LogP contribution in [0.25, 0.3) is 0 Å². The van der Waals surface area contributed by atoms with Gasteiger partial charge in [-0.3, -0.25) is 4.68 Å². The van der Waals surface area contributed by atoms with Gasteiger partial charge in [0, 0.05) is 12.6 Å². The van der Waals surface area contributed by atoms with E-state index in [4.69, 9.17) is 4.74 Å². The smallest absolute Gasteiger partial charge is 0.159 e. The van der Waals surface area contributed by atoms with E-state index in [-0.39, 0.29) is 0 Å². The molecule has 1 N–H and O–H groups in total. The van der Waals surface area contributed by atoms with Crippen molar-refractivity contribution in [2.45, 2.75) is 59.5 Å². The van der Waals surface area contributed by atoms with Gasteiger partial charge in [0.05, 0.1) is 19.0 Å². The Morgan fingerprint density at radius 1 is 1.37 bits per heavy atom. The van der Waals surface area contributed by atoms with Crippen molar-refractivity contribution in [2.75, 3.05) is 13.7 Å². The van der Waals surface area contributed by atoms with E-state index in [1.165, 1.54) is 5.69 Å². The quantitative estimate of drug-likeness (QED) is 0.748. The number of methoxy groups -OCH3 is 1. The van der Waals surface area contributed by atoms with Crippen LogP contribution in [-0.4, -0.2) is 29.5 Å². The van der Waals surface area contributed by atoms with Crippen LogP contribution in [0.1, 0.15) is 46.2 Å². The average Bonchev–Trinajstić information content (AvgIpc) is 2.77. The van der Waals surface area contributed by atoms with Crippen LogP contribution in [0, 0.1) is 5.92 Å². The molecule has 1 rings (SSSR count). The maximum atomic E-state index is 5.42. The Balaban J connectivity index is 2.71. The van der Waals surface area contributed by atoms with Crippen LogP contribution in [-0.2, 0) is 13.0 Å². The number of hydrogen-bond donors (Lipinski definition) is 1. The Morgan fingerprint density at radius 2 is 2.11 bits per heavy atom. The van der Waals surface area contributed by atoms with Crippen LogP contribution in [0.2, 0.25) is 0 Å². The molecule has 0 aliphatic heterocycles. The second kappa shape index (κ2) is 8.20. The Bertz CT molecular complexity index is 360. The maximum Gasteiger partial charge on any atom is 0.159 e. The Labute approximate surface area is 117 Å². The van der Waals surface area contributed by atoms with E-state index in [0.29, 0.717) is 12.0 Å². The number of ether oxygens (including phenoxy) is 1. The second-order valence-corrected chi connectivity index (χ2v) is 5.33. The van der Waals surface area contributed by atoms with Gasteiger partial charge in [0.15, 0.2) is 5.75 Å². The molecule has 0 spiro atoms. The Kier molecular flexibility index (Phi) is 6.92. The molecule has 0 bridgehead atoms. The van der Waals surface area contributed by atoms with E-state index in [9.17, 15) is 0 Å². The molecule has 1 heterocycles. The van der Waals surface area contributed by atoms with E-state index in [2.05, 4.69) is 42.8 Å². The highest BCUT2D eigenvalue weighted by Crippen LogP contribution is 2.21. The van der Waals surface area contributed by atoms with Gasteiger partial charge in [-0.25, -0.2) is 0 Å². The molecule has 4 nitrogen and oxygen atoms in total. The molecule has 0 aromatic carbocycles. The molecule has 1 aromatic heterocycles. The zero-order valence-corrected chi connectivity index (χ0v) is 13.1. The number of nitrogens with zero attached hydrogens (tertiary/aromatic N) is 2. The Hall–Kier alpha value is -1.03. The van der Waals surface area contributed by atoms with Gasteiger partial charge in [-0.15, -0.1) is 0 Å². The van der Waals surface area contributed by atoms with E-state index in [0.717, 1.165) is 38.1 Å². The van der Waals surface area contributed by atoms with Gasteiger partial charge >= 0.3 is 0 Å². The molecule has 0 saturated carbocycles. The van der Waals surface area contributed by atoms with Gasteiger partial charge in [0.25, 0.3) is 0 Å². The molecule has 0 fully saturated rings. The third-order valence-electron chi connectivity index (χ3n) is 3.53. The highest BCUT2D eigenvalue weighted by atomic mass is 16.5. The first kappa shape index (κ1) is 16.0. The lowest BCUT2D eigenvalue weighted by Gasteiger charge is -2.22. The molecule has 110 valence electrons. The molecule has 19 heavy (non-hydrogen) atoms. The molecular weight excluding hydrogens is 238 g/mol. The van der Waals surface area contributed by atoms with E-state index >= 15 is 0 Å². The lowest BCUT2D eigenvalue weighted by Crippen LogP contribution is -2.34. The summed E-state index contributed by atoms with van der Waals surface area (Å²) >= 11 is 0. The molecular formula is C15H29N3O. The number of nitrogens with one attached hydrogen (secondary N) is 1. The highest BCUT2D eigenvalue weighted by Gasteiger charge is 2.16. The summed E-state index contributed by atoms with van der Waals surface area (Å²) in [7, 11) is 1.72.